The Balaban J connectivity index is 1.38. The SMILES string of the molecule is CN1CCN(c2ccc(S(=O)(=O)N3Cc4cc(C#N)ccc4N(Cc4cnc[nH]4)C[C@H]3Cc3ccccc3)cc2)CC1. The third-order valence-electron chi connectivity index (χ3n) is 8.26. The third-order valence-corrected chi connectivity index (χ3v) is 10.2. The number of hydrogen-bond donors (Lipinski definition) is 1. The lowest BCUT2D eigenvalue weighted by molar-refractivity contribution is 0.313. The van der Waals surface area contributed by atoms with Crippen LogP contribution in [0, 0.1) is 11.3 Å². The molecule has 10 heteroatoms. The first kappa shape index (κ1) is 28.0. The van der Waals surface area contributed by atoms with Gasteiger partial charge in [-0.05, 0) is 67.1 Å². The maximum absolute atomic E-state index is 14.5. The van der Waals surface area contributed by atoms with Gasteiger partial charge in [0.1, 0.15) is 0 Å². The molecule has 0 saturated carbocycles. The molecule has 1 aromatic heterocycles. The van der Waals surface area contributed by atoms with Crippen LogP contribution in [0.1, 0.15) is 22.4 Å². The summed E-state index contributed by atoms with van der Waals surface area (Å²) in [5.74, 6) is 0. The molecule has 216 valence electrons. The summed E-state index contributed by atoms with van der Waals surface area (Å²) in [6, 6.07) is 24.8. The van der Waals surface area contributed by atoms with E-state index >= 15 is 0 Å². The number of imidazole rings is 1. The predicted octanol–water partition coefficient (Wildman–Crippen LogP) is 3.86. The zero-order valence-corrected chi connectivity index (χ0v) is 24.5. The van der Waals surface area contributed by atoms with E-state index in [-0.39, 0.29) is 17.5 Å². The highest BCUT2D eigenvalue weighted by atomic mass is 32.2. The third kappa shape index (κ3) is 5.90. The van der Waals surface area contributed by atoms with Crippen molar-refractivity contribution in [2.75, 3.05) is 49.6 Å². The molecule has 0 spiro atoms. The van der Waals surface area contributed by atoms with Gasteiger partial charge in [-0.25, -0.2) is 13.4 Å². The fourth-order valence-electron chi connectivity index (χ4n) is 5.92. The summed E-state index contributed by atoms with van der Waals surface area (Å²) in [6.07, 6.45) is 3.99. The van der Waals surface area contributed by atoms with Gasteiger partial charge in [0.2, 0.25) is 10.0 Å². The van der Waals surface area contributed by atoms with Crippen LogP contribution in [0.2, 0.25) is 0 Å². The maximum atomic E-state index is 14.5. The maximum Gasteiger partial charge on any atom is 0.243 e. The molecule has 0 amide bonds. The minimum Gasteiger partial charge on any atom is -0.369 e. The van der Waals surface area contributed by atoms with Crippen molar-refractivity contribution in [1.29, 1.82) is 5.26 Å². The van der Waals surface area contributed by atoms with E-state index < -0.39 is 10.0 Å². The van der Waals surface area contributed by atoms with E-state index in [1.807, 2.05) is 54.6 Å². The van der Waals surface area contributed by atoms with Gasteiger partial charge in [-0.15, -0.1) is 0 Å². The molecule has 4 aromatic rings. The minimum atomic E-state index is -3.88. The number of piperazine rings is 1. The van der Waals surface area contributed by atoms with Crippen LogP contribution in [0.15, 0.2) is 90.2 Å². The number of H-pyrrole nitrogens is 1. The highest BCUT2D eigenvalue weighted by molar-refractivity contribution is 7.89. The number of nitrogens with one attached hydrogen (secondary N) is 1. The van der Waals surface area contributed by atoms with Crippen molar-refractivity contribution in [2.24, 2.45) is 0 Å². The van der Waals surface area contributed by atoms with Gasteiger partial charge in [0.05, 0.1) is 35.1 Å². The molecular weight excluding hydrogens is 546 g/mol. The van der Waals surface area contributed by atoms with Crippen LogP contribution in [0.25, 0.3) is 0 Å². The van der Waals surface area contributed by atoms with Gasteiger partial charge in [0.25, 0.3) is 0 Å². The second-order valence-electron chi connectivity index (χ2n) is 11.1. The quantitative estimate of drug-likeness (QED) is 0.354. The zero-order chi connectivity index (χ0) is 29.1. The standard InChI is InChI=1S/C32H35N7O2S/c1-36-13-15-37(16-14-36)29-8-10-31(11-9-29)42(40,41)39-21-27-17-26(19-33)7-12-32(27)38(22-28-20-34-24-35-28)23-30(39)18-25-5-3-2-4-6-25/h2-12,17,20,24,30H,13-16,18,21-23H2,1H3,(H,34,35)/t30-/m1/s1. The van der Waals surface area contributed by atoms with Gasteiger partial charge in [0.15, 0.2) is 0 Å². The number of benzene rings is 3. The molecule has 0 aliphatic carbocycles. The van der Waals surface area contributed by atoms with E-state index in [0.29, 0.717) is 25.1 Å². The molecule has 2 aliphatic heterocycles. The molecule has 0 radical (unpaired) electrons. The molecule has 1 N–H and O–H groups in total. The fourth-order valence-corrected chi connectivity index (χ4v) is 7.51. The number of anilines is 2. The van der Waals surface area contributed by atoms with Gasteiger partial charge in [0, 0.05) is 62.9 Å². The number of likely N-dealkylation sites (N-methyl/N-ethyl adjacent to an activating group) is 1. The van der Waals surface area contributed by atoms with Crippen molar-refractivity contribution >= 4 is 21.4 Å². The molecule has 9 nitrogen and oxygen atoms in total. The van der Waals surface area contributed by atoms with E-state index in [4.69, 9.17) is 0 Å². The number of sulfonamides is 1. The minimum absolute atomic E-state index is 0.171. The first-order valence-electron chi connectivity index (χ1n) is 14.3. The molecule has 1 fully saturated rings. The van der Waals surface area contributed by atoms with Gasteiger partial charge < -0.3 is 19.7 Å². The van der Waals surface area contributed by atoms with Crippen LogP contribution in [0.3, 0.4) is 0 Å². The molecule has 42 heavy (non-hydrogen) atoms. The Bertz CT molecular complexity index is 1640. The van der Waals surface area contributed by atoms with Crippen LogP contribution in [0.5, 0.6) is 0 Å². The van der Waals surface area contributed by atoms with Gasteiger partial charge >= 0.3 is 0 Å². The lowest BCUT2D eigenvalue weighted by Gasteiger charge is -2.34. The molecular formula is C32H35N7O2S. The second kappa shape index (κ2) is 12.0. The molecule has 1 atom stereocenters. The number of rotatable bonds is 7. The zero-order valence-electron chi connectivity index (χ0n) is 23.7. The summed E-state index contributed by atoms with van der Waals surface area (Å²) in [5.41, 5.74) is 5.27. The summed E-state index contributed by atoms with van der Waals surface area (Å²) in [7, 11) is -1.76. The van der Waals surface area contributed by atoms with Crippen molar-refractivity contribution in [3.8, 4) is 6.07 Å². The lowest BCUT2D eigenvalue weighted by Crippen LogP contribution is -2.45. The van der Waals surface area contributed by atoms with E-state index in [0.717, 1.165) is 54.4 Å². The number of aromatic amines is 1. The summed E-state index contributed by atoms with van der Waals surface area (Å²) in [6.45, 7) is 4.98. The topological polar surface area (TPSA) is 99.6 Å². The summed E-state index contributed by atoms with van der Waals surface area (Å²) in [5, 5.41) is 9.67. The highest BCUT2D eigenvalue weighted by Gasteiger charge is 2.37. The largest absolute Gasteiger partial charge is 0.369 e. The van der Waals surface area contributed by atoms with Crippen molar-refractivity contribution < 1.29 is 8.42 Å². The number of nitrogens with zero attached hydrogens (tertiary/aromatic N) is 6. The fraction of sp³-hybridized carbons (Fsp3) is 0.312. The normalized spacial score (nSPS) is 18.3. The Morgan fingerprint density at radius 3 is 2.45 bits per heavy atom. The summed E-state index contributed by atoms with van der Waals surface area (Å²) < 4.78 is 30.6. The molecule has 0 unspecified atom stereocenters. The molecule has 1 saturated heterocycles. The number of aromatic nitrogens is 2. The van der Waals surface area contributed by atoms with Gasteiger partial charge in [-0.1, -0.05) is 30.3 Å². The Kier molecular flexibility index (Phi) is 7.98. The molecule has 3 heterocycles. The number of nitriles is 1. The van der Waals surface area contributed by atoms with Crippen LogP contribution in [-0.2, 0) is 29.5 Å². The monoisotopic (exact) mass is 581 g/mol. The first-order chi connectivity index (χ1) is 20.4. The number of fused-ring (bicyclic) bond motifs is 1. The predicted molar refractivity (Wildman–Crippen MR) is 164 cm³/mol. The smallest absolute Gasteiger partial charge is 0.243 e. The van der Waals surface area contributed by atoms with Crippen LogP contribution in [-0.4, -0.2) is 73.4 Å². The Morgan fingerprint density at radius 1 is 1.00 bits per heavy atom. The summed E-state index contributed by atoms with van der Waals surface area (Å²) >= 11 is 0. The van der Waals surface area contributed by atoms with Crippen LogP contribution >= 0.6 is 0 Å². The Hall–Kier alpha value is -4.17. The average Bonchev–Trinajstić information content (AvgIpc) is 3.48. The molecule has 0 bridgehead atoms. The van der Waals surface area contributed by atoms with Crippen LogP contribution < -0.4 is 9.80 Å². The van der Waals surface area contributed by atoms with Crippen molar-refractivity contribution in [2.45, 2.75) is 30.4 Å². The van der Waals surface area contributed by atoms with Gasteiger partial charge in [-0.3, -0.25) is 0 Å². The van der Waals surface area contributed by atoms with Gasteiger partial charge in [-0.2, -0.15) is 9.57 Å². The second-order valence-corrected chi connectivity index (χ2v) is 13.0. The van der Waals surface area contributed by atoms with E-state index in [1.54, 1.807) is 35.0 Å². The van der Waals surface area contributed by atoms with E-state index in [1.165, 1.54) is 0 Å². The van der Waals surface area contributed by atoms with E-state index in [9.17, 15) is 13.7 Å². The Labute approximate surface area is 247 Å². The number of hydrogen-bond acceptors (Lipinski definition) is 7. The van der Waals surface area contributed by atoms with E-state index in [2.05, 4.69) is 37.8 Å². The van der Waals surface area contributed by atoms with Crippen molar-refractivity contribution in [1.82, 2.24) is 19.2 Å². The molecule has 6 rings (SSSR count). The molecule has 2 aliphatic rings. The highest BCUT2D eigenvalue weighted by Crippen LogP contribution is 2.34. The lowest BCUT2D eigenvalue weighted by atomic mass is 10.1. The average molecular weight is 582 g/mol. The van der Waals surface area contributed by atoms with Crippen molar-refractivity contribution in [3.63, 3.8) is 0 Å². The summed E-state index contributed by atoms with van der Waals surface area (Å²) in [4.78, 5) is 14.4. The molecule has 3 aromatic carbocycles. The van der Waals surface area contributed by atoms with Crippen molar-refractivity contribution in [3.05, 3.63) is 108 Å². The Morgan fingerprint density at radius 2 is 1.76 bits per heavy atom. The van der Waals surface area contributed by atoms with Crippen LogP contribution in [0.4, 0.5) is 11.4 Å². The first-order valence-corrected chi connectivity index (χ1v) is 15.7.